The van der Waals surface area contributed by atoms with Gasteiger partial charge in [0.05, 0.1) is 17.0 Å². The van der Waals surface area contributed by atoms with Gasteiger partial charge in [0.1, 0.15) is 0 Å². The Morgan fingerprint density at radius 3 is 2.18 bits per heavy atom. The fraction of sp³-hybridized carbons (Fsp3) is 0.182. The third kappa shape index (κ3) is 3.19. The van der Waals surface area contributed by atoms with Gasteiger partial charge in [0.25, 0.3) is 0 Å². The normalized spacial score (nSPS) is 14.5. The average Bonchev–Trinajstić information content (AvgIpc) is 2.69. The minimum absolute atomic E-state index is 0.00738. The number of hydrogen-bond acceptors (Lipinski definition) is 5. The van der Waals surface area contributed by atoms with Crippen molar-refractivity contribution in [1.29, 1.82) is 5.26 Å². The van der Waals surface area contributed by atoms with Crippen LogP contribution >= 0.6 is 0 Å². The Labute approximate surface area is 163 Å². The summed E-state index contributed by atoms with van der Waals surface area (Å²) in [6.07, 6.45) is 6.04. The molecule has 1 saturated carbocycles. The lowest BCUT2D eigenvalue weighted by molar-refractivity contribution is -0.124. The van der Waals surface area contributed by atoms with Crippen LogP contribution in [0.15, 0.2) is 60.9 Å². The maximum atomic E-state index is 13.1. The van der Waals surface area contributed by atoms with Crippen molar-refractivity contribution < 1.29 is 4.79 Å². The number of amides is 1. The second kappa shape index (κ2) is 7.12. The molecule has 0 aliphatic heterocycles. The number of hydrogen-bond donors (Lipinski definition) is 2. The Bertz CT molecular complexity index is 1030. The molecule has 1 aliphatic carbocycles. The SMILES string of the molecule is N#Cc1ccc(NC(=O)C2(c3ccc(-c4cnc(N)nc4)cc3)CCC2)cc1. The Kier molecular flexibility index (Phi) is 4.50. The van der Waals surface area contributed by atoms with Crippen LogP contribution in [0.25, 0.3) is 11.1 Å². The van der Waals surface area contributed by atoms with Crippen molar-refractivity contribution >= 4 is 17.5 Å². The molecule has 0 atom stereocenters. The molecule has 2 aromatic carbocycles. The van der Waals surface area contributed by atoms with Crippen molar-refractivity contribution in [2.75, 3.05) is 11.1 Å². The third-order valence-corrected chi connectivity index (χ3v) is 5.36. The monoisotopic (exact) mass is 369 g/mol. The molecule has 6 nitrogen and oxygen atoms in total. The predicted molar refractivity (Wildman–Crippen MR) is 107 cm³/mol. The van der Waals surface area contributed by atoms with E-state index in [1.54, 1.807) is 36.7 Å². The van der Waals surface area contributed by atoms with Crippen molar-refractivity contribution in [3.8, 4) is 17.2 Å². The summed E-state index contributed by atoms with van der Waals surface area (Å²) in [5, 5.41) is 11.9. The fourth-order valence-electron chi connectivity index (χ4n) is 3.52. The van der Waals surface area contributed by atoms with Crippen LogP contribution in [-0.4, -0.2) is 15.9 Å². The van der Waals surface area contributed by atoms with Crippen LogP contribution in [0.3, 0.4) is 0 Å². The number of nitrogen functional groups attached to an aromatic ring is 1. The Hall–Kier alpha value is -3.72. The fourth-order valence-corrected chi connectivity index (χ4v) is 3.52. The summed E-state index contributed by atoms with van der Waals surface area (Å²) in [5.74, 6) is 0.236. The van der Waals surface area contributed by atoms with Gasteiger partial charge in [-0.05, 0) is 48.2 Å². The Balaban J connectivity index is 1.55. The number of rotatable bonds is 4. The van der Waals surface area contributed by atoms with Crippen molar-refractivity contribution in [3.05, 3.63) is 72.1 Å². The van der Waals surface area contributed by atoms with Gasteiger partial charge in [0, 0.05) is 23.6 Å². The van der Waals surface area contributed by atoms with E-state index in [1.807, 2.05) is 24.3 Å². The number of nitrogens with two attached hydrogens (primary N) is 1. The number of carbonyl (C=O) groups excluding carboxylic acids is 1. The number of anilines is 2. The highest BCUT2D eigenvalue weighted by Gasteiger charge is 2.45. The highest BCUT2D eigenvalue weighted by Crippen LogP contribution is 2.45. The van der Waals surface area contributed by atoms with Crippen LogP contribution in [0.4, 0.5) is 11.6 Å². The third-order valence-electron chi connectivity index (χ3n) is 5.36. The van der Waals surface area contributed by atoms with Crippen LogP contribution in [0.5, 0.6) is 0 Å². The highest BCUT2D eigenvalue weighted by atomic mass is 16.2. The first-order valence-corrected chi connectivity index (χ1v) is 9.11. The van der Waals surface area contributed by atoms with Crippen LogP contribution < -0.4 is 11.1 Å². The van der Waals surface area contributed by atoms with Gasteiger partial charge < -0.3 is 11.1 Å². The molecule has 1 aromatic heterocycles. The molecule has 3 N–H and O–H groups in total. The van der Waals surface area contributed by atoms with Gasteiger partial charge in [-0.3, -0.25) is 4.79 Å². The lowest BCUT2D eigenvalue weighted by Crippen LogP contribution is -2.46. The van der Waals surface area contributed by atoms with Crippen molar-refractivity contribution in [2.24, 2.45) is 0 Å². The van der Waals surface area contributed by atoms with Gasteiger partial charge in [0.2, 0.25) is 11.9 Å². The summed E-state index contributed by atoms with van der Waals surface area (Å²) in [6, 6.07) is 17.0. The second-order valence-corrected chi connectivity index (χ2v) is 6.99. The number of nitrogens with one attached hydrogen (secondary N) is 1. The highest BCUT2D eigenvalue weighted by molar-refractivity contribution is 6.00. The zero-order valence-electron chi connectivity index (χ0n) is 15.2. The lowest BCUT2D eigenvalue weighted by atomic mass is 9.63. The van der Waals surface area contributed by atoms with Crippen LogP contribution in [-0.2, 0) is 10.2 Å². The van der Waals surface area contributed by atoms with Crippen LogP contribution in [0.1, 0.15) is 30.4 Å². The molecule has 0 unspecified atom stereocenters. The molecule has 1 fully saturated rings. The number of nitrogens with zero attached hydrogens (tertiary/aromatic N) is 3. The minimum atomic E-state index is -0.510. The number of carbonyl (C=O) groups is 1. The van der Waals surface area contributed by atoms with E-state index in [4.69, 9.17) is 11.0 Å². The van der Waals surface area contributed by atoms with E-state index in [-0.39, 0.29) is 11.9 Å². The largest absolute Gasteiger partial charge is 0.368 e. The quantitative estimate of drug-likeness (QED) is 0.730. The first-order chi connectivity index (χ1) is 13.6. The Morgan fingerprint density at radius 1 is 1.00 bits per heavy atom. The number of aromatic nitrogens is 2. The molecule has 1 amide bonds. The van der Waals surface area contributed by atoms with E-state index in [0.717, 1.165) is 36.0 Å². The van der Waals surface area contributed by atoms with Crippen molar-refractivity contribution in [2.45, 2.75) is 24.7 Å². The molecule has 28 heavy (non-hydrogen) atoms. The maximum Gasteiger partial charge on any atom is 0.235 e. The summed E-state index contributed by atoms with van der Waals surface area (Å²) >= 11 is 0. The van der Waals surface area contributed by atoms with Gasteiger partial charge in [-0.1, -0.05) is 30.7 Å². The second-order valence-electron chi connectivity index (χ2n) is 6.99. The summed E-state index contributed by atoms with van der Waals surface area (Å²) in [4.78, 5) is 21.1. The number of nitriles is 1. The molecule has 0 spiro atoms. The first kappa shape index (κ1) is 17.7. The lowest BCUT2D eigenvalue weighted by Gasteiger charge is -2.40. The standard InChI is InChI=1S/C22H19N5O/c23-12-15-2-8-19(9-3-15)27-20(28)22(10-1-11-22)18-6-4-16(5-7-18)17-13-25-21(24)26-14-17/h2-9,13-14H,1,10-11H2,(H,27,28)(H2,24,25,26). The molecule has 0 saturated heterocycles. The molecule has 1 heterocycles. The molecular formula is C22H19N5O. The molecular weight excluding hydrogens is 350 g/mol. The molecule has 4 rings (SSSR count). The summed E-state index contributed by atoms with van der Waals surface area (Å²) in [7, 11) is 0. The smallest absolute Gasteiger partial charge is 0.235 e. The molecule has 6 heteroatoms. The van der Waals surface area contributed by atoms with Gasteiger partial charge in [-0.25, -0.2) is 9.97 Å². The first-order valence-electron chi connectivity index (χ1n) is 9.11. The molecule has 0 radical (unpaired) electrons. The van der Waals surface area contributed by atoms with E-state index in [9.17, 15) is 4.79 Å². The van der Waals surface area contributed by atoms with E-state index in [1.165, 1.54) is 0 Å². The van der Waals surface area contributed by atoms with E-state index in [0.29, 0.717) is 11.3 Å². The van der Waals surface area contributed by atoms with E-state index < -0.39 is 5.41 Å². The zero-order chi connectivity index (χ0) is 19.6. The van der Waals surface area contributed by atoms with Gasteiger partial charge >= 0.3 is 0 Å². The summed E-state index contributed by atoms with van der Waals surface area (Å²) < 4.78 is 0. The molecule has 0 bridgehead atoms. The van der Waals surface area contributed by atoms with Crippen LogP contribution in [0, 0.1) is 11.3 Å². The molecule has 138 valence electrons. The minimum Gasteiger partial charge on any atom is -0.368 e. The summed E-state index contributed by atoms with van der Waals surface area (Å²) in [6.45, 7) is 0. The van der Waals surface area contributed by atoms with Crippen molar-refractivity contribution in [3.63, 3.8) is 0 Å². The van der Waals surface area contributed by atoms with E-state index in [2.05, 4.69) is 21.4 Å². The zero-order valence-corrected chi connectivity index (χ0v) is 15.2. The Morgan fingerprint density at radius 2 is 1.64 bits per heavy atom. The van der Waals surface area contributed by atoms with Crippen LogP contribution in [0.2, 0.25) is 0 Å². The number of benzene rings is 2. The van der Waals surface area contributed by atoms with Gasteiger partial charge in [-0.15, -0.1) is 0 Å². The maximum absolute atomic E-state index is 13.1. The molecule has 3 aromatic rings. The molecule has 1 aliphatic rings. The van der Waals surface area contributed by atoms with E-state index >= 15 is 0 Å². The average molecular weight is 369 g/mol. The topological polar surface area (TPSA) is 105 Å². The predicted octanol–water partition coefficient (Wildman–Crippen LogP) is 3.66. The van der Waals surface area contributed by atoms with Gasteiger partial charge in [-0.2, -0.15) is 5.26 Å². The van der Waals surface area contributed by atoms with Crippen molar-refractivity contribution in [1.82, 2.24) is 9.97 Å². The van der Waals surface area contributed by atoms with Gasteiger partial charge in [0.15, 0.2) is 0 Å². The summed E-state index contributed by atoms with van der Waals surface area (Å²) in [5.41, 5.74) is 9.16.